The standard InChI is InChI=1S/C17H23N3O/c1-12-6-5-7-13(10-12)14(21)11-19-15-8-9-18-16(20-15)17(2,3)4/h5-10,14,21H,11H2,1-4H3,(H,18,19,20). The second kappa shape index (κ2) is 6.22. The van der Waals surface area contributed by atoms with Crippen molar-refractivity contribution >= 4 is 5.82 Å². The highest BCUT2D eigenvalue weighted by atomic mass is 16.3. The van der Waals surface area contributed by atoms with Crippen LogP contribution in [0.1, 0.15) is 43.8 Å². The molecule has 2 N–H and O–H groups in total. The molecule has 0 fully saturated rings. The van der Waals surface area contributed by atoms with Gasteiger partial charge in [-0.15, -0.1) is 0 Å². The molecule has 1 atom stereocenters. The fraction of sp³-hybridized carbons (Fsp3) is 0.412. The van der Waals surface area contributed by atoms with Gasteiger partial charge in [0, 0.05) is 18.2 Å². The topological polar surface area (TPSA) is 58.0 Å². The molecular weight excluding hydrogens is 262 g/mol. The Kier molecular flexibility index (Phi) is 4.58. The lowest BCUT2D eigenvalue weighted by molar-refractivity contribution is 0.191. The molecule has 1 unspecified atom stereocenters. The number of aliphatic hydroxyl groups excluding tert-OH is 1. The van der Waals surface area contributed by atoms with E-state index in [-0.39, 0.29) is 5.41 Å². The van der Waals surface area contributed by atoms with Crippen LogP contribution in [0.4, 0.5) is 5.82 Å². The predicted octanol–water partition coefficient (Wildman–Crippen LogP) is 3.23. The van der Waals surface area contributed by atoms with Gasteiger partial charge in [-0.25, -0.2) is 9.97 Å². The average Bonchev–Trinajstić information content (AvgIpc) is 2.44. The Hall–Kier alpha value is -1.94. The van der Waals surface area contributed by atoms with E-state index < -0.39 is 6.10 Å². The van der Waals surface area contributed by atoms with Gasteiger partial charge in [0.05, 0.1) is 6.10 Å². The number of aryl methyl sites for hydroxylation is 1. The van der Waals surface area contributed by atoms with Crippen molar-refractivity contribution in [3.05, 3.63) is 53.5 Å². The molecule has 0 aliphatic rings. The van der Waals surface area contributed by atoms with Gasteiger partial charge in [-0.2, -0.15) is 0 Å². The van der Waals surface area contributed by atoms with E-state index in [0.29, 0.717) is 6.54 Å². The van der Waals surface area contributed by atoms with Crippen molar-refractivity contribution in [2.45, 2.75) is 39.2 Å². The summed E-state index contributed by atoms with van der Waals surface area (Å²) in [5, 5.41) is 13.4. The molecule has 4 heteroatoms. The van der Waals surface area contributed by atoms with Crippen molar-refractivity contribution in [3.8, 4) is 0 Å². The molecular formula is C17H23N3O. The van der Waals surface area contributed by atoms with E-state index in [9.17, 15) is 5.11 Å². The quantitative estimate of drug-likeness (QED) is 0.905. The van der Waals surface area contributed by atoms with Crippen molar-refractivity contribution in [2.75, 3.05) is 11.9 Å². The minimum atomic E-state index is -0.557. The molecule has 0 bridgehead atoms. The second-order valence-corrected chi connectivity index (χ2v) is 6.33. The van der Waals surface area contributed by atoms with Crippen molar-refractivity contribution in [1.29, 1.82) is 0 Å². The first-order valence-corrected chi connectivity index (χ1v) is 7.18. The zero-order chi connectivity index (χ0) is 15.5. The maximum absolute atomic E-state index is 10.2. The average molecular weight is 285 g/mol. The summed E-state index contributed by atoms with van der Waals surface area (Å²) in [5.74, 6) is 1.53. The lowest BCUT2D eigenvalue weighted by Crippen LogP contribution is -2.18. The Morgan fingerprint density at radius 1 is 1.24 bits per heavy atom. The molecule has 0 saturated heterocycles. The largest absolute Gasteiger partial charge is 0.387 e. The van der Waals surface area contributed by atoms with Crippen molar-refractivity contribution in [2.24, 2.45) is 0 Å². The first-order valence-electron chi connectivity index (χ1n) is 7.18. The summed E-state index contributed by atoms with van der Waals surface area (Å²) in [4.78, 5) is 8.79. The molecule has 0 radical (unpaired) electrons. The van der Waals surface area contributed by atoms with E-state index in [2.05, 4.69) is 36.1 Å². The summed E-state index contributed by atoms with van der Waals surface area (Å²) in [6, 6.07) is 9.71. The Balaban J connectivity index is 2.03. The molecule has 1 heterocycles. The van der Waals surface area contributed by atoms with Crippen LogP contribution in [0.25, 0.3) is 0 Å². The van der Waals surface area contributed by atoms with Crippen molar-refractivity contribution in [3.63, 3.8) is 0 Å². The van der Waals surface area contributed by atoms with Gasteiger partial charge in [0.25, 0.3) is 0 Å². The molecule has 4 nitrogen and oxygen atoms in total. The number of benzene rings is 1. The molecule has 112 valence electrons. The highest BCUT2D eigenvalue weighted by Crippen LogP contribution is 2.19. The highest BCUT2D eigenvalue weighted by molar-refractivity contribution is 5.35. The zero-order valence-corrected chi connectivity index (χ0v) is 13.1. The zero-order valence-electron chi connectivity index (χ0n) is 13.1. The second-order valence-electron chi connectivity index (χ2n) is 6.33. The van der Waals surface area contributed by atoms with Gasteiger partial charge >= 0.3 is 0 Å². The van der Waals surface area contributed by atoms with Crippen LogP contribution in [0.3, 0.4) is 0 Å². The third-order valence-corrected chi connectivity index (χ3v) is 3.23. The third-order valence-electron chi connectivity index (χ3n) is 3.23. The molecule has 2 aromatic rings. The molecule has 0 aliphatic carbocycles. The number of hydrogen-bond donors (Lipinski definition) is 2. The van der Waals surface area contributed by atoms with E-state index >= 15 is 0 Å². The summed E-state index contributed by atoms with van der Waals surface area (Å²) >= 11 is 0. The number of rotatable bonds is 4. The Morgan fingerprint density at radius 3 is 2.67 bits per heavy atom. The number of hydrogen-bond acceptors (Lipinski definition) is 4. The maximum Gasteiger partial charge on any atom is 0.135 e. The number of aliphatic hydroxyl groups is 1. The first-order chi connectivity index (χ1) is 9.86. The van der Waals surface area contributed by atoms with Gasteiger partial charge in [0.2, 0.25) is 0 Å². The number of anilines is 1. The van der Waals surface area contributed by atoms with Crippen molar-refractivity contribution in [1.82, 2.24) is 9.97 Å². The third kappa shape index (κ3) is 4.26. The molecule has 0 saturated carbocycles. The van der Waals surface area contributed by atoms with E-state index in [0.717, 1.165) is 22.8 Å². The van der Waals surface area contributed by atoms with Gasteiger partial charge in [0.15, 0.2) is 0 Å². The minimum Gasteiger partial charge on any atom is -0.387 e. The summed E-state index contributed by atoms with van der Waals surface area (Å²) in [7, 11) is 0. The monoisotopic (exact) mass is 285 g/mol. The summed E-state index contributed by atoms with van der Waals surface area (Å²) in [6.07, 6.45) is 1.19. The van der Waals surface area contributed by atoms with Crippen LogP contribution in [-0.4, -0.2) is 21.6 Å². The van der Waals surface area contributed by atoms with Crippen LogP contribution in [0.5, 0.6) is 0 Å². The molecule has 0 spiro atoms. The maximum atomic E-state index is 10.2. The summed E-state index contributed by atoms with van der Waals surface area (Å²) < 4.78 is 0. The molecule has 0 amide bonds. The van der Waals surface area contributed by atoms with E-state index in [1.807, 2.05) is 37.3 Å². The predicted molar refractivity (Wildman–Crippen MR) is 85.4 cm³/mol. The lowest BCUT2D eigenvalue weighted by Gasteiger charge is -2.18. The SMILES string of the molecule is Cc1cccc(C(O)CNc2ccnc(C(C)(C)C)n2)c1. The van der Waals surface area contributed by atoms with Gasteiger partial charge in [-0.05, 0) is 18.6 Å². The normalized spacial score (nSPS) is 13.0. The van der Waals surface area contributed by atoms with Crippen LogP contribution in [-0.2, 0) is 5.41 Å². The van der Waals surface area contributed by atoms with Crippen LogP contribution in [0.2, 0.25) is 0 Å². The summed E-state index contributed by atoms with van der Waals surface area (Å²) in [6.45, 7) is 8.67. The van der Waals surface area contributed by atoms with Gasteiger partial charge in [-0.3, -0.25) is 0 Å². The van der Waals surface area contributed by atoms with Crippen LogP contribution < -0.4 is 5.32 Å². The van der Waals surface area contributed by atoms with Crippen molar-refractivity contribution < 1.29 is 5.11 Å². The van der Waals surface area contributed by atoms with Crippen LogP contribution in [0.15, 0.2) is 36.5 Å². The number of nitrogens with zero attached hydrogens (tertiary/aromatic N) is 2. The fourth-order valence-electron chi connectivity index (χ4n) is 2.01. The molecule has 1 aromatic carbocycles. The van der Waals surface area contributed by atoms with Crippen LogP contribution >= 0.6 is 0 Å². The van der Waals surface area contributed by atoms with E-state index in [4.69, 9.17) is 0 Å². The Bertz CT molecular complexity index is 605. The Labute approximate surface area is 126 Å². The van der Waals surface area contributed by atoms with Crippen LogP contribution in [0, 0.1) is 6.92 Å². The Morgan fingerprint density at radius 2 is 2.00 bits per heavy atom. The molecule has 0 aliphatic heterocycles. The molecule has 1 aromatic heterocycles. The lowest BCUT2D eigenvalue weighted by atomic mass is 9.96. The number of nitrogens with one attached hydrogen (secondary N) is 1. The fourth-order valence-corrected chi connectivity index (χ4v) is 2.01. The van der Waals surface area contributed by atoms with Gasteiger partial charge in [0.1, 0.15) is 11.6 Å². The molecule has 2 rings (SSSR count). The van der Waals surface area contributed by atoms with Gasteiger partial charge < -0.3 is 10.4 Å². The van der Waals surface area contributed by atoms with E-state index in [1.54, 1.807) is 6.20 Å². The van der Waals surface area contributed by atoms with E-state index in [1.165, 1.54) is 0 Å². The summed E-state index contributed by atoms with van der Waals surface area (Å²) in [5.41, 5.74) is 1.96. The highest BCUT2D eigenvalue weighted by Gasteiger charge is 2.17. The first kappa shape index (κ1) is 15.4. The molecule has 21 heavy (non-hydrogen) atoms. The number of aromatic nitrogens is 2. The minimum absolute atomic E-state index is 0.0904. The van der Waals surface area contributed by atoms with Gasteiger partial charge in [-0.1, -0.05) is 50.6 Å². The smallest absolute Gasteiger partial charge is 0.135 e.